The van der Waals surface area contributed by atoms with Crippen molar-refractivity contribution in [2.45, 2.75) is 31.6 Å². The number of nitrogens with two attached hydrogens (primary N) is 1. The first kappa shape index (κ1) is 17.5. The van der Waals surface area contributed by atoms with Crippen LogP contribution in [-0.2, 0) is 14.8 Å². The summed E-state index contributed by atoms with van der Waals surface area (Å²) in [4.78, 5) is 11.3. The number of nitrogens with one attached hydrogen (secondary N) is 1. The van der Waals surface area contributed by atoms with Crippen LogP contribution in [0.1, 0.15) is 37.0 Å². The molecule has 7 heteroatoms. The molecule has 0 saturated heterocycles. The largest absolute Gasteiger partial charge is 0.465 e. The molecule has 0 saturated carbocycles. The molecule has 0 heterocycles. The van der Waals surface area contributed by atoms with Gasteiger partial charge in [-0.3, -0.25) is 0 Å². The summed E-state index contributed by atoms with van der Waals surface area (Å²) in [6, 6.07) is 4.00. The van der Waals surface area contributed by atoms with Gasteiger partial charge in [-0.2, -0.15) is 0 Å². The zero-order valence-electron chi connectivity index (χ0n) is 12.5. The van der Waals surface area contributed by atoms with Crippen LogP contribution in [0.5, 0.6) is 0 Å². The first-order valence-electron chi connectivity index (χ1n) is 6.83. The second kappa shape index (κ2) is 7.42. The van der Waals surface area contributed by atoms with Gasteiger partial charge in [0.05, 0.1) is 18.4 Å². The summed E-state index contributed by atoms with van der Waals surface area (Å²) in [6.07, 6.45) is 1.80. The van der Waals surface area contributed by atoms with Crippen LogP contribution >= 0.6 is 0 Å². The van der Waals surface area contributed by atoms with Crippen molar-refractivity contribution in [2.24, 2.45) is 5.92 Å². The molecule has 0 spiro atoms. The van der Waals surface area contributed by atoms with E-state index in [-0.39, 0.29) is 22.1 Å². The van der Waals surface area contributed by atoms with Crippen molar-refractivity contribution in [3.63, 3.8) is 0 Å². The summed E-state index contributed by atoms with van der Waals surface area (Å²) in [7, 11) is -2.43. The Morgan fingerprint density at radius 2 is 1.95 bits per heavy atom. The van der Waals surface area contributed by atoms with Crippen LogP contribution in [0.3, 0.4) is 0 Å². The highest BCUT2D eigenvalue weighted by Crippen LogP contribution is 2.20. The number of hydrogen-bond acceptors (Lipinski definition) is 5. The first-order chi connectivity index (χ1) is 9.85. The number of sulfonamides is 1. The molecule has 1 aromatic carbocycles. The molecule has 1 rings (SSSR count). The Balaban J connectivity index is 2.96. The summed E-state index contributed by atoms with van der Waals surface area (Å²) < 4.78 is 31.6. The van der Waals surface area contributed by atoms with Crippen LogP contribution in [0.4, 0.5) is 5.69 Å². The van der Waals surface area contributed by atoms with E-state index >= 15 is 0 Å². The number of hydrogen-bond donors (Lipinski definition) is 2. The van der Waals surface area contributed by atoms with Gasteiger partial charge in [-0.15, -0.1) is 0 Å². The maximum absolute atomic E-state index is 12.2. The van der Waals surface area contributed by atoms with Gasteiger partial charge in [-0.05, 0) is 24.1 Å². The molecule has 0 unspecified atom stereocenters. The lowest BCUT2D eigenvalue weighted by Crippen LogP contribution is -2.29. The Hall–Kier alpha value is -1.60. The molecule has 0 fully saturated rings. The van der Waals surface area contributed by atoms with Crippen molar-refractivity contribution in [1.29, 1.82) is 0 Å². The highest BCUT2D eigenvalue weighted by molar-refractivity contribution is 7.89. The molecule has 118 valence electrons. The third-order valence-electron chi connectivity index (χ3n) is 3.44. The third kappa shape index (κ3) is 4.44. The van der Waals surface area contributed by atoms with Gasteiger partial charge in [0.1, 0.15) is 4.90 Å². The minimum absolute atomic E-state index is 0.0231. The van der Waals surface area contributed by atoms with Gasteiger partial charge in [0.25, 0.3) is 0 Å². The molecule has 21 heavy (non-hydrogen) atoms. The van der Waals surface area contributed by atoms with E-state index < -0.39 is 16.0 Å². The van der Waals surface area contributed by atoms with E-state index in [1.807, 2.05) is 13.8 Å². The van der Waals surface area contributed by atoms with Gasteiger partial charge in [0.15, 0.2) is 0 Å². The van der Waals surface area contributed by atoms with Gasteiger partial charge in [0, 0.05) is 6.54 Å². The number of benzene rings is 1. The highest BCUT2D eigenvalue weighted by atomic mass is 32.2. The Kier molecular flexibility index (Phi) is 6.17. The molecule has 0 aliphatic carbocycles. The molecule has 3 N–H and O–H groups in total. The molecule has 0 amide bonds. The Bertz CT molecular complexity index is 595. The summed E-state index contributed by atoms with van der Waals surface area (Å²) in [5.41, 5.74) is 5.98. The van der Waals surface area contributed by atoms with Crippen molar-refractivity contribution < 1.29 is 17.9 Å². The fourth-order valence-corrected chi connectivity index (χ4v) is 3.15. The molecule has 1 aromatic rings. The average molecular weight is 314 g/mol. The number of carbonyl (C=O) groups is 1. The zero-order valence-corrected chi connectivity index (χ0v) is 13.4. The second-order valence-electron chi connectivity index (χ2n) is 4.78. The topological polar surface area (TPSA) is 98.5 Å². The fourth-order valence-electron chi connectivity index (χ4n) is 1.92. The molecular weight excluding hydrogens is 292 g/mol. The van der Waals surface area contributed by atoms with Gasteiger partial charge in [-0.25, -0.2) is 17.9 Å². The maximum atomic E-state index is 12.2. The van der Waals surface area contributed by atoms with E-state index in [0.717, 1.165) is 12.8 Å². The minimum atomic E-state index is -3.68. The van der Waals surface area contributed by atoms with Gasteiger partial charge in [-0.1, -0.05) is 26.7 Å². The molecule has 0 aliphatic rings. The van der Waals surface area contributed by atoms with E-state index in [2.05, 4.69) is 9.46 Å². The Labute approximate surface area is 125 Å². The quantitative estimate of drug-likeness (QED) is 0.590. The molecule has 0 bridgehead atoms. The molecule has 0 radical (unpaired) electrons. The third-order valence-corrected chi connectivity index (χ3v) is 4.93. The number of esters is 1. The van der Waals surface area contributed by atoms with Crippen molar-refractivity contribution in [2.75, 3.05) is 19.4 Å². The lowest BCUT2D eigenvalue weighted by molar-refractivity contribution is 0.0600. The smallest absolute Gasteiger partial charge is 0.337 e. The van der Waals surface area contributed by atoms with Crippen LogP contribution in [0.2, 0.25) is 0 Å². The summed E-state index contributed by atoms with van der Waals surface area (Å²) in [5, 5.41) is 0. The summed E-state index contributed by atoms with van der Waals surface area (Å²) in [6.45, 7) is 4.40. The zero-order chi connectivity index (χ0) is 16.0. The molecular formula is C14H22N2O4S. The number of nitrogen functional groups attached to an aromatic ring is 1. The Morgan fingerprint density at radius 3 is 2.43 bits per heavy atom. The van der Waals surface area contributed by atoms with Crippen LogP contribution in [0.15, 0.2) is 23.1 Å². The molecule has 0 atom stereocenters. The maximum Gasteiger partial charge on any atom is 0.337 e. The van der Waals surface area contributed by atoms with E-state index in [4.69, 9.17) is 5.73 Å². The van der Waals surface area contributed by atoms with Crippen molar-refractivity contribution in [1.82, 2.24) is 4.72 Å². The number of rotatable bonds is 7. The predicted octanol–water partition coefficient (Wildman–Crippen LogP) is 1.77. The van der Waals surface area contributed by atoms with Crippen LogP contribution < -0.4 is 10.5 Å². The summed E-state index contributed by atoms with van der Waals surface area (Å²) in [5.74, 6) is -0.272. The number of ether oxygens (including phenoxy) is 1. The number of anilines is 1. The number of methoxy groups -OCH3 is 1. The van der Waals surface area contributed by atoms with Gasteiger partial charge >= 0.3 is 5.97 Å². The SMILES string of the molecule is CCC(CC)CNS(=O)(=O)c1ccc(C(=O)OC)cc1N. The van der Waals surface area contributed by atoms with E-state index in [1.54, 1.807) is 0 Å². The van der Waals surface area contributed by atoms with E-state index in [1.165, 1.54) is 25.3 Å². The highest BCUT2D eigenvalue weighted by Gasteiger charge is 2.20. The summed E-state index contributed by atoms with van der Waals surface area (Å²) >= 11 is 0. The lowest BCUT2D eigenvalue weighted by atomic mass is 10.0. The molecule has 6 nitrogen and oxygen atoms in total. The standard InChI is InChI=1S/C14H22N2O4S/c1-4-10(5-2)9-16-21(18,19)13-7-6-11(8-12(13)15)14(17)20-3/h6-8,10,16H,4-5,9,15H2,1-3H3. The first-order valence-corrected chi connectivity index (χ1v) is 8.31. The predicted molar refractivity (Wildman–Crippen MR) is 81.5 cm³/mol. The number of carbonyl (C=O) groups excluding carboxylic acids is 1. The fraction of sp³-hybridized carbons (Fsp3) is 0.500. The second-order valence-corrected chi connectivity index (χ2v) is 6.51. The van der Waals surface area contributed by atoms with Crippen LogP contribution in [-0.4, -0.2) is 28.0 Å². The van der Waals surface area contributed by atoms with Crippen molar-refractivity contribution >= 4 is 21.7 Å². The Morgan fingerprint density at radius 1 is 1.33 bits per heavy atom. The van der Waals surface area contributed by atoms with Gasteiger partial charge in [0.2, 0.25) is 10.0 Å². The normalized spacial score (nSPS) is 11.6. The van der Waals surface area contributed by atoms with Crippen molar-refractivity contribution in [3.05, 3.63) is 23.8 Å². The molecule has 0 aromatic heterocycles. The van der Waals surface area contributed by atoms with E-state index in [9.17, 15) is 13.2 Å². The minimum Gasteiger partial charge on any atom is -0.465 e. The van der Waals surface area contributed by atoms with Crippen LogP contribution in [0.25, 0.3) is 0 Å². The van der Waals surface area contributed by atoms with Crippen LogP contribution in [0, 0.1) is 5.92 Å². The van der Waals surface area contributed by atoms with Crippen molar-refractivity contribution in [3.8, 4) is 0 Å². The molecule has 0 aliphatic heterocycles. The lowest BCUT2D eigenvalue weighted by Gasteiger charge is -2.14. The average Bonchev–Trinajstić information content (AvgIpc) is 2.47. The van der Waals surface area contributed by atoms with E-state index in [0.29, 0.717) is 6.54 Å². The van der Waals surface area contributed by atoms with Gasteiger partial charge < -0.3 is 10.5 Å². The monoisotopic (exact) mass is 314 g/mol.